The molecular formula is C12H17NO2. The van der Waals surface area contributed by atoms with E-state index in [0.717, 1.165) is 16.9 Å². The number of hydrogen-bond donors (Lipinski definition) is 1. The van der Waals surface area contributed by atoms with Crippen LogP contribution in [0.3, 0.4) is 0 Å². The SMILES string of the molecule is CCNC(=O)COc1cc(C)cc(C)c1. The largest absolute Gasteiger partial charge is 0.484 e. The fraction of sp³-hybridized carbons (Fsp3) is 0.417. The average molecular weight is 207 g/mol. The third-order valence-corrected chi connectivity index (χ3v) is 1.94. The van der Waals surface area contributed by atoms with Crippen LogP contribution >= 0.6 is 0 Å². The Labute approximate surface area is 90.4 Å². The average Bonchev–Trinajstić information content (AvgIpc) is 2.14. The van der Waals surface area contributed by atoms with E-state index in [1.165, 1.54) is 0 Å². The second kappa shape index (κ2) is 5.39. The van der Waals surface area contributed by atoms with Crippen LogP contribution in [-0.2, 0) is 4.79 Å². The summed E-state index contributed by atoms with van der Waals surface area (Å²) in [6, 6.07) is 5.91. The zero-order valence-corrected chi connectivity index (χ0v) is 9.46. The fourth-order valence-electron chi connectivity index (χ4n) is 1.41. The molecule has 0 saturated heterocycles. The van der Waals surface area contributed by atoms with E-state index in [0.29, 0.717) is 6.54 Å². The van der Waals surface area contributed by atoms with Gasteiger partial charge in [-0.3, -0.25) is 4.79 Å². The molecule has 0 bridgehead atoms. The van der Waals surface area contributed by atoms with Crippen LogP contribution in [0.4, 0.5) is 0 Å². The van der Waals surface area contributed by atoms with Crippen LogP contribution in [0.1, 0.15) is 18.1 Å². The molecule has 0 atom stereocenters. The van der Waals surface area contributed by atoms with E-state index in [9.17, 15) is 4.79 Å². The summed E-state index contributed by atoms with van der Waals surface area (Å²) in [5.41, 5.74) is 2.28. The van der Waals surface area contributed by atoms with Gasteiger partial charge in [-0.1, -0.05) is 6.07 Å². The fourth-order valence-corrected chi connectivity index (χ4v) is 1.41. The van der Waals surface area contributed by atoms with Gasteiger partial charge in [0.05, 0.1) is 0 Å². The van der Waals surface area contributed by atoms with Gasteiger partial charge in [0.15, 0.2) is 6.61 Å². The third-order valence-electron chi connectivity index (χ3n) is 1.94. The molecule has 0 aliphatic carbocycles. The second-order valence-electron chi connectivity index (χ2n) is 3.57. The van der Waals surface area contributed by atoms with Crippen LogP contribution in [0.5, 0.6) is 5.75 Å². The van der Waals surface area contributed by atoms with Crippen molar-refractivity contribution in [3.05, 3.63) is 29.3 Å². The standard InChI is InChI=1S/C12H17NO2/c1-4-13-12(14)8-15-11-6-9(2)5-10(3)7-11/h5-7H,4,8H2,1-3H3,(H,13,14). The molecule has 0 spiro atoms. The minimum absolute atomic E-state index is 0.0801. The van der Waals surface area contributed by atoms with Crippen molar-refractivity contribution in [2.75, 3.05) is 13.2 Å². The number of aryl methyl sites for hydroxylation is 2. The summed E-state index contributed by atoms with van der Waals surface area (Å²) in [4.78, 5) is 11.2. The molecular weight excluding hydrogens is 190 g/mol. The highest BCUT2D eigenvalue weighted by atomic mass is 16.5. The summed E-state index contributed by atoms with van der Waals surface area (Å²) in [6.07, 6.45) is 0. The van der Waals surface area contributed by atoms with Crippen LogP contribution in [-0.4, -0.2) is 19.1 Å². The van der Waals surface area contributed by atoms with Crippen LogP contribution in [0, 0.1) is 13.8 Å². The highest BCUT2D eigenvalue weighted by Gasteiger charge is 2.01. The van der Waals surface area contributed by atoms with E-state index in [4.69, 9.17) is 4.74 Å². The Balaban J connectivity index is 2.54. The lowest BCUT2D eigenvalue weighted by molar-refractivity contribution is -0.122. The normalized spacial score (nSPS) is 9.80. The summed E-state index contributed by atoms with van der Waals surface area (Å²) < 4.78 is 5.37. The molecule has 0 unspecified atom stereocenters. The lowest BCUT2D eigenvalue weighted by atomic mass is 10.1. The summed E-state index contributed by atoms with van der Waals surface area (Å²) >= 11 is 0. The number of hydrogen-bond acceptors (Lipinski definition) is 2. The van der Waals surface area contributed by atoms with Crippen molar-refractivity contribution in [1.29, 1.82) is 0 Å². The van der Waals surface area contributed by atoms with Crippen molar-refractivity contribution in [3.8, 4) is 5.75 Å². The molecule has 82 valence electrons. The molecule has 0 fully saturated rings. The second-order valence-corrected chi connectivity index (χ2v) is 3.57. The van der Waals surface area contributed by atoms with Gasteiger partial charge in [-0.25, -0.2) is 0 Å². The molecule has 0 aromatic heterocycles. The topological polar surface area (TPSA) is 38.3 Å². The van der Waals surface area contributed by atoms with E-state index in [-0.39, 0.29) is 12.5 Å². The first-order chi connectivity index (χ1) is 7.11. The van der Waals surface area contributed by atoms with Gasteiger partial charge in [0.25, 0.3) is 5.91 Å². The Kier molecular flexibility index (Phi) is 4.16. The summed E-state index contributed by atoms with van der Waals surface area (Å²) in [5.74, 6) is 0.662. The number of benzene rings is 1. The van der Waals surface area contributed by atoms with Crippen LogP contribution < -0.4 is 10.1 Å². The highest BCUT2D eigenvalue weighted by molar-refractivity contribution is 5.77. The maximum Gasteiger partial charge on any atom is 0.257 e. The molecule has 1 aromatic rings. The van der Waals surface area contributed by atoms with Gasteiger partial charge in [0.1, 0.15) is 5.75 Å². The molecule has 0 aliphatic heterocycles. The van der Waals surface area contributed by atoms with Crippen molar-refractivity contribution in [1.82, 2.24) is 5.32 Å². The Morgan fingerprint density at radius 2 is 1.87 bits per heavy atom. The molecule has 0 saturated carbocycles. The first-order valence-corrected chi connectivity index (χ1v) is 5.09. The number of amides is 1. The van der Waals surface area contributed by atoms with Crippen LogP contribution in [0.15, 0.2) is 18.2 Å². The number of likely N-dealkylation sites (N-methyl/N-ethyl adjacent to an activating group) is 1. The number of carbonyl (C=O) groups is 1. The zero-order chi connectivity index (χ0) is 11.3. The lowest BCUT2D eigenvalue weighted by Gasteiger charge is -2.07. The number of rotatable bonds is 4. The Morgan fingerprint density at radius 3 is 2.40 bits per heavy atom. The van der Waals surface area contributed by atoms with Crippen molar-refractivity contribution >= 4 is 5.91 Å². The number of nitrogens with one attached hydrogen (secondary N) is 1. The predicted molar refractivity (Wildman–Crippen MR) is 60.1 cm³/mol. The van der Waals surface area contributed by atoms with Crippen molar-refractivity contribution in [2.45, 2.75) is 20.8 Å². The van der Waals surface area contributed by atoms with Gasteiger partial charge in [-0.2, -0.15) is 0 Å². The summed E-state index contributed by atoms with van der Waals surface area (Å²) in [5, 5.41) is 2.68. The van der Waals surface area contributed by atoms with E-state index in [1.54, 1.807) is 0 Å². The van der Waals surface area contributed by atoms with Gasteiger partial charge in [0, 0.05) is 6.54 Å². The van der Waals surface area contributed by atoms with E-state index < -0.39 is 0 Å². The molecule has 0 heterocycles. The van der Waals surface area contributed by atoms with Gasteiger partial charge in [-0.05, 0) is 44.0 Å². The Bertz CT molecular complexity index is 327. The molecule has 3 nitrogen and oxygen atoms in total. The minimum atomic E-state index is -0.0864. The van der Waals surface area contributed by atoms with Crippen LogP contribution in [0.2, 0.25) is 0 Å². The molecule has 3 heteroatoms. The highest BCUT2D eigenvalue weighted by Crippen LogP contribution is 2.15. The first kappa shape index (κ1) is 11.6. The monoisotopic (exact) mass is 207 g/mol. The Hall–Kier alpha value is -1.51. The summed E-state index contributed by atoms with van der Waals surface area (Å²) in [7, 11) is 0. The van der Waals surface area contributed by atoms with Crippen molar-refractivity contribution < 1.29 is 9.53 Å². The number of ether oxygens (including phenoxy) is 1. The third kappa shape index (κ3) is 4.02. The maximum absolute atomic E-state index is 11.2. The molecule has 15 heavy (non-hydrogen) atoms. The van der Waals surface area contributed by atoms with Gasteiger partial charge in [0.2, 0.25) is 0 Å². The maximum atomic E-state index is 11.2. The van der Waals surface area contributed by atoms with Gasteiger partial charge in [-0.15, -0.1) is 0 Å². The van der Waals surface area contributed by atoms with Crippen molar-refractivity contribution in [3.63, 3.8) is 0 Å². The first-order valence-electron chi connectivity index (χ1n) is 5.09. The molecule has 1 amide bonds. The summed E-state index contributed by atoms with van der Waals surface area (Å²) in [6.45, 7) is 6.61. The Morgan fingerprint density at radius 1 is 1.27 bits per heavy atom. The van der Waals surface area contributed by atoms with E-state index >= 15 is 0 Å². The van der Waals surface area contributed by atoms with Gasteiger partial charge >= 0.3 is 0 Å². The van der Waals surface area contributed by atoms with E-state index in [2.05, 4.69) is 11.4 Å². The predicted octanol–water partition coefficient (Wildman–Crippen LogP) is 1.82. The minimum Gasteiger partial charge on any atom is -0.484 e. The smallest absolute Gasteiger partial charge is 0.257 e. The molecule has 1 rings (SSSR count). The zero-order valence-electron chi connectivity index (χ0n) is 9.46. The lowest BCUT2D eigenvalue weighted by Crippen LogP contribution is -2.28. The molecule has 0 radical (unpaired) electrons. The van der Waals surface area contributed by atoms with Gasteiger partial charge < -0.3 is 10.1 Å². The molecule has 1 N–H and O–H groups in total. The quantitative estimate of drug-likeness (QED) is 0.817. The van der Waals surface area contributed by atoms with Crippen LogP contribution in [0.25, 0.3) is 0 Å². The van der Waals surface area contributed by atoms with Crippen molar-refractivity contribution in [2.24, 2.45) is 0 Å². The number of carbonyl (C=O) groups excluding carboxylic acids is 1. The molecule has 0 aliphatic rings. The van der Waals surface area contributed by atoms with E-state index in [1.807, 2.05) is 32.9 Å². The molecule has 1 aromatic carbocycles.